The molecule has 0 aromatic heterocycles. The lowest BCUT2D eigenvalue weighted by atomic mass is 10.0. The summed E-state index contributed by atoms with van der Waals surface area (Å²) in [7, 11) is 1.62. The van der Waals surface area contributed by atoms with Gasteiger partial charge in [0.05, 0.1) is 7.11 Å². The Morgan fingerprint density at radius 1 is 1.33 bits per heavy atom. The Morgan fingerprint density at radius 2 is 2.08 bits per heavy atom. The summed E-state index contributed by atoms with van der Waals surface area (Å²) in [5, 5.41) is 9.18. The minimum absolute atomic E-state index is 0.0334. The van der Waals surface area contributed by atoms with Gasteiger partial charge in [0.1, 0.15) is 12.3 Å². The summed E-state index contributed by atoms with van der Waals surface area (Å²) in [4.78, 5) is 25.6. The van der Waals surface area contributed by atoms with Crippen molar-refractivity contribution in [3.05, 3.63) is 29.8 Å². The molecule has 0 radical (unpaired) electrons. The molecule has 1 saturated carbocycles. The van der Waals surface area contributed by atoms with Crippen LogP contribution in [-0.2, 0) is 14.3 Å². The highest BCUT2D eigenvalue weighted by Gasteiger charge is 2.47. The van der Waals surface area contributed by atoms with Crippen LogP contribution in [0.5, 0.6) is 5.75 Å². The van der Waals surface area contributed by atoms with Crippen LogP contribution in [0, 0.1) is 5.92 Å². The van der Waals surface area contributed by atoms with Gasteiger partial charge < -0.3 is 19.5 Å². The van der Waals surface area contributed by atoms with E-state index in [-0.39, 0.29) is 30.3 Å². The minimum atomic E-state index is -0.964. The van der Waals surface area contributed by atoms with Crippen molar-refractivity contribution in [2.24, 2.45) is 5.92 Å². The van der Waals surface area contributed by atoms with Crippen molar-refractivity contribution in [2.75, 3.05) is 26.9 Å². The number of carbonyl (C=O) groups excluding carboxylic acids is 1. The van der Waals surface area contributed by atoms with Crippen LogP contribution in [0.2, 0.25) is 0 Å². The molecule has 6 nitrogen and oxygen atoms in total. The molecule has 1 aromatic rings. The second kappa shape index (κ2) is 7.21. The zero-order chi connectivity index (χ0) is 17.1. The Bertz CT molecular complexity index is 611. The van der Waals surface area contributed by atoms with Gasteiger partial charge in [-0.2, -0.15) is 0 Å². The number of carbonyl (C=O) groups is 2. The average Bonchev–Trinajstić information content (AvgIpc) is 3.40. The Hall–Kier alpha value is -2.08. The van der Waals surface area contributed by atoms with Gasteiger partial charge in [0, 0.05) is 25.2 Å². The first-order valence-corrected chi connectivity index (χ1v) is 8.34. The Labute approximate surface area is 141 Å². The van der Waals surface area contributed by atoms with E-state index < -0.39 is 5.97 Å². The van der Waals surface area contributed by atoms with Crippen LogP contribution in [0.4, 0.5) is 0 Å². The number of rotatable bonds is 6. The Kier molecular flexibility index (Phi) is 5.04. The molecule has 3 rings (SSSR count). The van der Waals surface area contributed by atoms with Crippen LogP contribution in [0.1, 0.15) is 30.7 Å². The SMILES string of the molecule is COc1cccc([C@@H]2C[C@H]2C(=O)N(CC(=O)O)C2CCOCC2)c1. The fourth-order valence-corrected chi connectivity index (χ4v) is 3.45. The molecule has 1 saturated heterocycles. The molecule has 6 heteroatoms. The molecular weight excluding hydrogens is 310 g/mol. The van der Waals surface area contributed by atoms with Gasteiger partial charge in [-0.3, -0.25) is 9.59 Å². The van der Waals surface area contributed by atoms with E-state index in [4.69, 9.17) is 9.47 Å². The highest BCUT2D eigenvalue weighted by molar-refractivity contribution is 5.86. The third-order valence-corrected chi connectivity index (χ3v) is 4.85. The number of ether oxygens (including phenoxy) is 2. The molecule has 2 fully saturated rings. The third kappa shape index (κ3) is 3.70. The lowest BCUT2D eigenvalue weighted by molar-refractivity contribution is -0.148. The van der Waals surface area contributed by atoms with E-state index in [9.17, 15) is 14.7 Å². The molecule has 1 N–H and O–H groups in total. The summed E-state index contributed by atoms with van der Waals surface area (Å²) in [6.45, 7) is 0.931. The predicted octanol–water partition coefficient (Wildman–Crippen LogP) is 1.89. The van der Waals surface area contributed by atoms with E-state index in [1.165, 1.54) is 0 Å². The summed E-state index contributed by atoms with van der Waals surface area (Å²) >= 11 is 0. The number of amides is 1. The molecule has 0 spiro atoms. The van der Waals surface area contributed by atoms with Crippen LogP contribution < -0.4 is 4.74 Å². The van der Waals surface area contributed by atoms with Crippen molar-refractivity contribution in [2.45, 2.75) is 31.2 Å². The summed E-state index contributed by atoms with van der Waals surface area (Å²) in [6, 6.07) is 7.71. The normalized spacial score (nSPS) is 23.5. The number of carboxylic acid groups (broad SMARTS) is 1. The minimum Gasteiger partial charge on any atom is -0.497 e. The summed E-state index contributed by atoms with van der Waals surface area (Å²) in [5.41, 5.74) is 1.08. The summed E-state index contributed by atoms with van der Waals surface area (Å²) in [5.74, 6) is -0.203. The van der Waals surface area contributed by atoms with E-state index in [1.807, 2.05) is 24.3 Å². The lowest BCUT2D eigenvalue weighted by Gasteiger charge is -2.33. The molecule has 0 bridgehead atoms. The topological polar surface area (TPSA) is 76.1 Å². The first kappa shape index (κ1) is 16.8. The van der Waals surface area contributed by atoms with Crippen molar-refractivity contribution < 1.29 is 24.2 Å². The number of hydrogen-bond acceptors (Lipinski definition) is 4. The molecular formula is C18H23NO5. The van der Waals surface area contributed by atoms with Gasteiger partial charge in [0.25, 0.3) is 0 Å². The van der Waals surface area contributed by atoms with Crippen molar-refractivity contribution in [1.82, 2.24) is 4.90 Å². The van der Waals surface area contributed by atoms with Crippen molar-refractivity contribution in [1.29, 1.82) is 0 Å². The Balaban J connectivity index is 1.70. The van der Waals surface area contributed by atoms with Crippen LogP contribution in [0.3, 0.4) is 0 Å². The van der Waals surface area contributed by atoms with Crippen LogP contribution in [0.15, 0.2) is 24.3 Å². The van der Waals surface area contributed by atoms with E-state index in [2.05, 4.69) is 0 Å². The maximum absolute atomic E-state index is 12.9. The van der Waals surface area contributed by atoms with Gasteiger partial charge in [-0.05, 0) is 42.9 Å². The molecule has 1 aliphatic heterocycles. The van der Waals surface area contributed by atoms with Gasteiger partial charge in [-0.15, -0.1) is 0 Å². The van der Waals surface area contributed by atoms with Crippen LogP contribution >= 0.6 is 0 Å². The average molecular weight is 333 g/mol. The second-order valence-corrected chi connectivity index (χ2v) is 6.43. The molecule has 2 aliphatic rings. The van der Waals surface area contributed by atoms with Crippen molar-refractivity contribution in [3.63, 3.8) is 0 Å². The smallest absolute Gasteiger partial charge is 0.323 e. The number of methoxy groups -OCH3 is 1. The molecule has 1 amide bonds. The van der Waals surface area contributed by atoms with E-state index in [0.29, 0.717) is 26.1 Å². The molecule has 130 valence electrons. The number of hydrogen-bond donors (Lipinski definition) is 1. The fraction of sp³-hybridized carbons (Fsp3) is 0.556. The third-order valence-electron chi connectivity index (χ3n) is 4.85. The number of nitrogens with zero attached hydrogens (tertiary/aromatic N) is 1. The van der Waals surface area contributed by atoms with E-state index in [1.54, 1.807) is 12.0 Å². The summed E-state index contributed by atoms with van der Waals surface area (Å²) in [6.07, 6.45) is 2.18. The van der Waals surface area contributed by atoms with Crippen LogP contribution in [-0.4, -0.2) is 54.8 Å². The predicted molar refractivity (Wildman–Crippen MR) is 87.0 cm³/mol. The molecule has 24 heavy (non-hydrogen) atoms. The van der Waals surface area contributed by atoms with Gasteiger partial charge in [-0.1, -0.05) is 12.1 Å². The fourth-order valence-electron chi connectivity index (χ4n) is 3.45. The quantitative estimate of drug-likeness (QED) is 0.860. The van der Waals surface area contributed by atoms with Crippen molar-refractivity contribution in [3.8, 4) is 5.75 Å². The number of benzene rings is 1. The maximum atomic E-state index is 12.9. The molecule has 2 atom stereocenters. The summed E-state index contributed by atoms with van der Waals surface area (Å²) < 4.78 is 10.6. The highest BCUT2D eigenvalue weighted by Crippen LogP contribution is 2.49. The molecule has 1 aliphatic carbocycles. The first-order chi connectivity index (χ1) is 11.6. The lowest BCUT2D eigenvalue weighted by Crippen LogP contribution is -2.46. The van der Waals surface area contributed by atoms with Crippen LogP contribution in [0.25, 0.3) is 0 Å². The first-order valence-electron chi connectivity index (χ1n) is 8.34. The zero-order valence-electron chi connectivity index (χ0n) is 13.8. The standard InChI is InChI=1S/C18H23NO5/c1-23-14-4-2-3-12(9-14)15-10-16(15)18(22)19(11-17(20)21)13-5-7-24-8-6-13/h2-4,9,13,15-16H,5-8,10-11H2,1H3,(H,20,21)/t15-,16+/m0/s1. The molecule has 0 unspecified atom stereocenters. The van der Waals surface area contributed by atoms with Gasteiger partial charge in [0.2, 0.25) is 5.91 Å². The number of aliphatic carboxylic acids is 1. The van der Waals surface area contributed by atoms with Gasteiger partial charge in [-0.25, -0.2) is 0 Å². The number of carboxylic acids is 1. The van der Waals surface area contributed by atoms with Gasteiger partial charge >= 0.3 is 5.97 Å². The highest BCUT2D eigenvalue weighted by atomic mass is 16.5. The monoisotopic (exact) mass is 333 g/mol. The molecule has 1 heterocycles. The zero-order valence-corrected chi connectivity index (χ0v) is 13.8. The second-order valence-electron chi connectivity index (χ2n) is 6.43. The molecule has 1 aromatic carbocycles. The maximum Gasteiger partial charge on any atom is 0.323 e. The van der Waals surface area contributed by atoms with E-state index >= 15 is 0 Å². The van der Waals surface area contributed by atoms with Gasteiger partial charge in [0.15, 0.2) is 0 Å². The van der Waals surface area contributed by atoms with Crippen molar-refractivity contribution >= 4 is 11.9 Å². The Morgan fingerprint density at radius 3 is 2.75 bits per heavy atom. The van der Waals surface area contributed by atoms with E-state index in [0.717, 1.165) is 17.7 Å². The largest absolute Gasteiger partial charge is 0.497 e.